The Bertz CT molecular complexity index is 780. The third-order valence-corrected chi connectivity index (χ3v) is 4.69. The van der Waals surface area contributed by atoms with Crippen molar-refractivity contribution in [1.82, 2.24) is 10.6 Å². The number of rotatable bonds is 10. The van der Waals surface area contributed by atoms with E-state index in [0.29, 0.717) is 0 Å². The van der Waals surface area contributed by atoms with Crippen LogP contribution in [0.2, 0.25) is 0 Å². The summed E-state index contributed by atoms with van der Waals surface area (Å²) in [5, 5.41) is 5.03. The van der Waals surface area contributed by atoms with Gasteiger partial charge in [0, 0.05) is 19.3 Å². The van der Waals surface area contributed by atoms with Crippen LogP contribution in [0.4, 0.5) is 0 Å². The van der Waals surface area contributed by atoms with Gasteiger partial charge in [0.05, 0.1) is 21.3 Å². The molecule has 170 valence electrons. The fourth-order valence-corrected chi connectivity index (χ4v) is 3.06. The Morgan fingerprint density at radius 1 is 0.839 bits per heavy atom. The van der Waals surface area contributed by atoms with Gasteiger partial charge in [0.25, 0.3) is 0 Å². The zero-order chi connectivity index (χ0) is 23.6. The van der Waals surface area contributed by atoms with E-state index in [1.807, 2.05) is 6.07 Å². The lowest BCUT2D eigenvalue weighted by molar-refractivity contribution is -0.163. The van der Waals surface area contributed by atoms with E-state index in [-0.39, 0.29) is 6.42 Å². The molecule has 0 heterocycles. The van der Waals surface area contributed by atoms with Crippen molar-refractivity contribution in [2.75, 3.05) is 21.3 Å². The van der Waals surface area contributed by atoms with Crippen molar-refractivity contribution in [1.29, 1.82) is 0 Å². The van der Waals surface area contributed by atoms with Crippen LogP contribution >= 0.6 is 0 Å². The van der Waals surface area contributed by atoms with E-state index in [4.69, 9.17) is 4.74 Å². The standard InChI is InChI=1S/C21H28N2O8/c1-12(16(19(26)29-3)20(27)30-4)17(21(28)31-5)23-18(25)15(22-13(2)24)11-14-9-7-6-8-10-14/h6-10,12,15-17H,11H2,1-5H3,(H,22,24)(H,23,25)/t12-,15-,17-/m0/s1. The highest BCUT2D eigenvalue weighted by Crippen LogP contribution is 2.21. The van der Waals surface area contributed by atoms with Crippen molar-refractivity contribution < 1.29 is 38.2 Å². The smallest absolute Gasteiger partial charge is 0.328 e. The Hall–Kier alpha value is -3.43. The van der Waals surface area contributed by atoms with Crippen LogP contribution in [0.15, 0.2) is 30.3 Å². The largest absolute Gasteiger partial charge is 0.468 e. The van der Waals surface area contributed by atoms with Gasteiger partial charge in [-0.3, -0.25) is 19.2 Å². The first kappa shape index (κ1) is 25.6. The maximum Gasteiger partial charge on any atom is 0.328 e. The molecule has 0 spiro atoms. The van der Waals surface area contributed by atoms with Crippen molar-refractivity contribution in [3.05, 3.63) is 35.9 Å². The maximum atomic E-state index is 13.0. The topological polar surface area (TPSA) is 137 Å². The first-order valence-corrected chi connectivity index (χ1v) is 9.51. The Morgan fingerprint density at radius 2 is 1.35 bits per heavy atom. The highest BCUT2D eigenvalue weighted by Gasteiger charge is 2.43. The van der Waals surface area contributed by atoms with E-state index in [1.54, 1.807) is 24.3 Å². The second-order valence-corrected chi connectivity index (χ2v) is 6.84. The second kappa shape index (κ2) is 12.3. The number of hydrogen-bond donors (Lipinski definition) is 2. The van der Waals surface area contributed by atoms with Gasteiger partial charge in [-0.2, -0.15) is 0 Å². The Labute approximate surface area is 180 Å². The number of ether oxygens (including phenoxy) is 3. The van der Waals surface area contributed by atoms with Crippen LogP contribution < -0.4 is 10.6 Å². The summed E-state index contributed by atoms with van der Waals surface area (Å²) in [5.41, 5.74) is 0.779. The number of carbonyl (C=O) groups excluding carboxylic acids is 5. The molecule has 10 heteroatoms. The molecule has 0 fully saturated rings. The number of esters is 3. The Kier molecular flexibility index (Phi) is 10.2. The lowest BCUT2D eigenvalue weighted by Gasteiger charge is -2.28. The molecular formula is C21H28N2O8. The highest BCUT2D eigenvalue weighted by molar-refractivity contribution is 5.97. The molecule has 0 aliphatic rings. The molecular weight excluding hydrogens is 408 g/mol. The summed E-state index contributed by atoms with van der Waals surface area (Å²) in [6.07, 6.45) is 0.159. The Morgan fingerprint density at radius 3 is 1.81 bits per heavy atom. The van der Waals surface area contributed by atoms with Gasteiger partial charge < -0.3 is 24.8 Å². The molecule has 2 amide bonds. The molecule has 1 rings (SSSR count). The van der Waals surface area contributed by atoms with Gasteiger partial charge in [0.1, 0.15) is 12.1 Å². The zero-order valence-corrected chi connectivity index (χ0v) is 18.2. The monoisotopic (exact) mass is 436 g/mol. The molecule has 0 aliphatic heterocycles. The third-order valence-electron chi connectivity index (χ3n) is 4.69. The molecule has 0 unspecified atom stereocenters. The number of carbonyl (C=O) groups is 5. The van der Waals surface area contributed by atoms with Crippen LogP contribution in [-0.4, -0.2) is 63.1 Å². The molecule has 0 aromatic heterocycles. The van der Waals surface area contributed by atoms with Crippen LogP contribution in [0.3, 0.4) is 0 Å². The van der Waals surface area contributed by atoms with Crippen LogP contribution in [0.1, 0.15) is 19.4 Å². The van der Waals surface area contributed by atoms with Crippen molar-refractivity contribution in [3.8, 4) is 0 Å². The summed E-state index contributed by atoms with van der Waals surface area (Å²) in [7, 11) is 3.28. The molecule has 0 aliphatic carbocycles. The number of nitrogens with one attached hydrogen (secondary N) is 2. The SMILES string of the molecule is COC(=O)C(C(=O)OC)[C@H](C)[C@H](NC(=O)[C@H](Cc1ccccc1)NC(C)=O)C(=O)OC. The number of hydrogen-bond acceptors (Lipinski definition) is 8. The van der Waals surface area contributed by atoms with E-state index in [2.05, 4.69) is 20.1 Å². The summed E-state index contributed by atoms with van der Waals surface area (Å²) in [5.74, 6) is -6.40. The van der Waals surface area contributed by atoms with Crippen molar-refractivity contribution in [2.24, 2.45) is 11.8 Å². The number of benzene rings is 1. The van der Waals surface area contributed by atoms with Gasteiger partial charge in [0.15, 0.2) is 5.92 Å². The summed E-state index contributed by atoms with van der Waals surface area (Å²) in [6.45, 7) is 2.67. The average Bonchev–Trinajstić information content (AvgIpc) is 2.76. The van der Waals surface area contributed by atoms with Crippen LogP contribution in [0.25, 0.3) is 0 Å². The molecule has 1 aromatic rings. The molecule has 3 atom stereocenters. The number of methoxy groups -OCH3 is 3. The maximum absolute atomic E-state index is 13.0. The van der Waals surface area contributed by atoms with Gasteiger partial charge in [0.2, 0.25) is 11.8 Å². The quantitative estimate of drug-likeness (QED) is 0.297. The molecule has 10 nitrogen and oxygen atoms in total. The van der Waals surface area contributed by atoms with Crippen molar-refractivity contribution in [3.63, 3.8) is 0 Å². The van der Waals surface area contributed by atoms with Gasteiger partial charge >= 0.3 is 17.9 Å². The number of amides is 2. The minimum Gasteiger partial charge on any atom is -0.468 e. The van der Waals surface area contributed by atoms with Gasteiger partial charge in [-0.25, -0.2) is 4.79 Å². The third kappa shape index (κ3) is 7.40. The summed E-state index contributed by atoms with van der Waals surface area (Å²) >= 11 is 0. The first-order valence-electron chi connectivity index (χ1n) is 9.51. The summed E-state index contributed by atoms with van der Waals surface area (Å²) in [4.78, 5) is 61.2. The van der Waals surface area contributed by atoms with Crippen molar-refractivity contribution >= 4 is 29.7 Å². The Balaban J connectivity index is 3.17. The van der Waals surface area contributed by atoms with Crippen LogP contribution in [0.5, 0.6) is 0 Å². The molecule has 2 N–H and O–H groups in total. The fraction of sp³-hybridized carbons (Fsp3) is 0.476. The zero-order valence-electron chi connectivity index (χ0n) is 18.2. The van der Waals surface area contributed by atoms with E-state index in [1.165, 1.54) is 13.8 Å². The summed E-state index contributed by atoms with van der Waals surface area (Å²) < 4.78 is 14.0. The van der Waals surface area contributed by atoms with Gasteiger partial charge in [-0.1, -0.05) is 37.3 Å². The van der Waals surface area contributed by atoms with Crippen LogP contribution in [-0.2, 0) is 44.6 Å². The lowest BCUT2D eigenvalue weighted by atomic mass is 9.87. The summed E-state index contributed by atoms with van der Waals surface area (Å²) in [6, 6.07) is 6.57. The normalized spacial score (nSPS) is 13.4. The van der Waals surface area contributed by atoms with Gasteiger partial charge in [-0.05, 0) is 5.56 Å². The molecule has 0 saturated carbocycles. The predicted molar refractivity (Wildman–Crippen MR) is 108 cm³/mol. The molecule has 1 aromatic carbocycles. The predicted octanol–water partition coefficient (Wildman–Crippen LogP) is -0.0101. The minimum absolute atomic E-state index is 0.159. The average molecular weight is 436 g/mol. The van der Waals surface area contributed by atoms with Crippen molar-refractivity contribution in [2.45, 2.75) is 32.4 Å². The first-order chi connectivity index (χ1) is 14.7. The van der Waals surface area contributed by atoms with E-state index >= 15 is 0 Å². The molecule has 0 radical (unpaired) electrons. The fourth-order valence-electron chi connectivity index (χ4n) is 3.06. The molecule has 0 bridgehead atoms. The van der Waals surface area contributed by atoms with E-state index < -0.39 is 53.6 Å². The second-order valence-electron chi connectivity index (χ2n) is 6.84. The molecule has 31 heavy (non-hydrogen) atoms. The highest BCUT2D eigenvalue weighted by atomic mass is 16.5. The van der Waals surface area contributed by atoms with Gasteiger partial charge in [-0.15, -0.1) is 0 Å². The van der Waals surface area contributed by atoms with E-state index in [9.17, 15) is 24.0 Å². The minimum atomic E-state index is -1.48. The molecule has 0 saturated heterocycles. The lowest BCUT2D eigenvalue weighted by Crippen LogP contribution is -2.56. The van der Waals surface area contributed by atoms with E-state index in [0.717, 1.165) is 26.9 Å². The van der Waals surface area contributed by atoms with Crippen LogP contribution in [0, 0.1) is 11.8 Å².